The highest BCUT2D eigenvalue weighted by molar-refractivity contribution is 9.10. The molecule has 92 valence electrons. The number of nitrogen functional groups attached to an aromatic ring is 1. The monoisotopic (exact) mass is 321 g/mol. The van der Waals surface area contributed by atoms with E-state index in [9.17, 15) is 0 Å². The third kappa shape index (κ3) is 2.84. The average molecular weight is 322 g/mol. The average Bonchev–Trinajstić information content (AvgIpc) is 2.74. The van der Waals surface area contributed by atoms with E-state index in [0.717, 1.165) is 16.7 Å². The summed E-state index contributed by atoms with van der Waals surface area (Å²) in [5.41, 5.74) is 8.12. The molecule has 1 heterocycles. The molecule has 0 spiro atoms. The molecule has 0 bridgehead atoms. The van der Waals surface area contributed by atoms with Crippen molar-refractivity contribution in [1.82, 2.24) is 0 Å². The number of nitrogens with zero attached hydrogens (tertiary/aromatic N) is 2. The van der Waals surface area contributed by atoms with Gasteiger partial charge in [-0.3, -0.25) is 0 Å². The molecule has 0 unspecified atom stereocenters. The second kappa shape index (κ2) is 5.42. The molecule has 2 rings (SSSR count). The number of hydrogen-bond acceptors (Lipinski definition) is 4. The Bertz CT molecular complexity index is 601. The van der Waals surface area contributed by atoms with Gasteiger partial charge in [0.15, 0.2) is 0 Å². The second-order valence-electron chi connectivity index (χ2n) is 3.97. The quantitative estimate of drug-likeness (QED) is 0.879. The van der Waals surface area contributed by atoms with Crippen molar-refractivity contribution in [2.24, 2.45) is 0 Å². The Balaban J connectivity index is 2.19. The molecule has 0 aliphatic carbocycles. The largest absolute Gasteiger partial charge is 0.397 e. The van der Waals surface area contributed by atoms with Gasteiger partial charge in [-0.15, -0.1) is 11.3 Å². The minimum atomic E-state index is 0.587. The summed E-state index contributed by atoms with van der Waals surface area (Å²) in [6.07, 6.45) is 0. The van der Waals surface area contributed by atoms with Crippen molar-refractivity contribution in [1.29, 1.82) is 5.26 Å². The Hall–Kier alpha value is -1.51. The lowest BCUT2D eigenvalue weighted by Crippen LogP contribution is -2.17. The molecular formula is C13H12BrN3S. The highest BCUT2D eigenvalue weighted by Gasteiger charge is 2.08. The normalized spacial score (nSPS) is 10.1. The van der Waals surface area contributed by atoms with E-state index in [1.807, 2.05) is 13.1 Å². The maximum Gasteiger partial charge on any atom is 0.0992 e. The first-order valence-electron chi connectivity index (χ1n) is 5.34. The maximum absolute atomic E-state index is 8.81. The van der Waals surface area contributed by atoms with E-state index in [2.05, 4.69) is 38.3 Å². The lowest BCUT2D eigenvalue weighted by Gasteiger charge is -2.20. The third-order valence-corrected chi connectivity index (χ3v) is 4.27. The van der Waals surface area contributed by atoms with Crippen molar-refractivity contribution in [3.8, 4) is 6.07 Å². The van der Waals surface area contributed by atoms with Gasteiger partial charge in [0.25, 0.3) is 0 Å². The van der Waals surface area contributed by atoms with E-state index in [1.165, 1.54) is 4.88 Å². The van der Waals surface area contributed by atoms with Crippen molar-refractivity contribution in [3.63, 3.8) is 0 Å². The summed E-state index contributed by atoms with van der Waals surface area (Å²) in [6.45, 7) is 0.798. The summed E-state index contributed by atoms with van der Waals surface area (Å²) in [5, 5.41) is 10.9. The Labute approximate surface area is 119 Å². The summed E-state index contributed by atoms with van der Waals surface area (Å²) in [7, 11) is 1.99. The van der Waals surface area contributed by atoms with Gasteiger partial charge in [0, 0.05) is 21.8 Å². The molecule has 0 fully saturated rings. The van der Waals surface area contributed by atoms with Gasteiger partial charge in [-0.1, -0.05) is 0 Å². The summed E-state index contributed by atoms with van der Waals surface area (Å²) in [4.78, 5) is 3.34. The minimum absolute atomic E-state index is 0.587. The molecule has 5 heteroatoms. The fraction of sp³-hybridized carbons (Fsp3) is 0.154. The SMILES string of the molecule is CN(Cc1cc(Br)cs1)c1ccc(C#N)cc1N. The Morgan fingerprint density at radius 3 is 2.78 bits per heavy atom. The molecule has 0 aliphatic rings. The van der Waals surface area contributed by atoms with Gasteiger partial charge in [-0.2, -0.15) is 5.26 Å². The van der Waals surface area contributed by atoms with E-state index >= 15 is 0 Å². The number of anilines is 2. The van der Waals surface area contributed by atoms with Crippen LogP contribution < -0.4 is 10.6 Å². The molecule has 18 heavy (non-hydrogen) atoms. The predicted octanol–water partition coefficient (Wildman–Crippen LogP) is 3.60. The van der Waals surface area contributed by atoms with E-state index in [0.29, 0.717) is 11.3 Å². The molecule has 0 radical (unpaired) electrons. The molecule has 3 nitrogen and oxygen atoms in total. The smallest absolute Gasteiger partial charge is 0.0992 e. The number of thiophene rings is 1. The van der Waals surface area contributed by atoms with Gasteiger partial charge in [0.2, 0.25) is 0 Å². The van der Waals surface area contributed by atoms with Crippen LogP contribution in [-0.2, 0) is 6.54 Å². The molecule has 1 aromatic heterocycles. The fourth-order valence-corrected chi connectivity index (χ4v) is 3.23. The Kier molecular flexibility index (Phi) is 3.90. The van der Waals surface area contributed by atoms with Crippen LogP contribution in [0.1, 0.15) is 10.4 Å². The van der Waals surface area contributed by atoms with Crippen molar-refractivity contribution in [2.45, 2.75) is 6.54 Å². The number of hydrogen-bond donors (Lipinski definition) is 1. The predicted molar refractivity (Wildman–Crippen MR) is 79.7 cm³/mol. The van der Waals surface area contributed by atoms with Crippen molar-refractivity contribution >= 4 is 38.6 Å². The zero-order chi connectivity index (χ0) is 13.1. The Morgan fingerprint density at radius 1 is 1.44 bits per heavy atom. The van der Waals surface area contributed by atoms with Crippen molar-refractivity contribution in [3.05, 3.63) is 44.6 Å². The summed E-state index contributed by atoms with van der Waals surface area (Å²) in [5.74, 6) is 0. The van der Waals surface area contributed by atoms with Crippen LogP contribution in [0.2, 0.25) is 0 Å². The van der Waals surface area contributed by atoms with Crippen LogP contribution in [0.4, 0.5) is 11.4 Å². The topological polar surface area (TPSA) is 53.0 Å². The highest BCUT2D eigenvalue weighted by atomic mass is 79.9. The molecule has 2 aromatic rings. The van der Waals surface area contributed by atoms with Crippen molar-refractivity contribution in [2.75, 3.05) is 17.7 Å². The van der Waals surface area contributed by atoms with Crippen LogP contribution in [0.3, 0.4) is 0 Å². The van der Waals surface area contributed by atoms with E-state index < -0.39 is 0 Å². The Morgan fingerprint density at radius 2 is 2.22 bits per heavy atom. The number of halogens is 1. The van der Waals surface area contributed by atoms with Crippen LogP contribution in [0.5, 0.6) is 0 Å². The van der Waals surface area contributed by atoms with Gasteiger partial charge >= 0.3 is 0 Å². The van der Waals surface area contributed by atoms with E-state index in [4.69, 9.17) is 11.0 Å². The fourth-order valence-electron chi connectivity index (χ4n) is 1.73. The van der Waals surface area contributed by atoms with Crippen LogP contribution in [-0.4, -0.2) is 7.05 Å². The first-order valence-corrected chi connectivity index (χ1v) is 7.01. The second-order valence-corrected chi connectivity index (χ2v) is 5.88. The van der Waals surface area contributed by atoms with Crippen LogP contribution in [0.25, 0.3) is 0 Å². The number of nitriles is 1. The van der Waals surface area contributed by atoms with Gasteiger partial charge in [-0.25, -0.2) is 0 Å². The molecule has 0 amide bonds. The molecule has 2 N–H and O–H groups in total. The lowest BCUT2D eigenvalue weighted by atomic mass is 10.2. The van der Waals surface area contributed by atoms with E-state index in [1.54, 1.807) is 23.5 Å². The molecule has 0 aliphatic heterocycles. The lowest BCUT2D eigenvalue weighted by molar-refractivity contribution is 0.942. The number of nitrogens with two attached hydrogens (primary N) is 1. The number of benzene rings is 1. The summed E-state index contributed by atoms with van der Waals surface area (Å²) in [6, 6.07) is 9.56. The third-order valence-electron chi connectivity index (χ3n) is 2.58. The molecule has 0 saturated carbocycles. The standard InChI is InChI=1S/C13H12BrN3S/c1-17(7-11-5-10(14)8-18-11)13-3-2-9(6-15)4-12(13)16/h2-5,8H,7,16H2,1H3. The summed E-state index contributed by atoms with van der Waals surface area (Å²) < 4.78 is 1.10. The molecule has 0 atom stereocenters. The first-order chi connectivity index (χ1) is 8.60. The maximum atomic E-state index is 8.81. The molecular weight excluding hydrogens is 310 g/mol. The minimum Gasteiger partial charge on any atom is -0.397 e. The number of rotatable bonds is 3. The highest BCUT2D eigenvalue weighted by Crippen LogP contribution is 2.27. The first kappa shape index (κ1) is 12.9. The summed E-state index contributed by atoms with van der Waals surface area (Å²) >= 11 is 5.15. The van der Waals surface area contributed by atoms with Crippen LogP contribution in [0.15, 0.2) is 34.1 Å². The zero-order valence-corrected chi connectivity index (χ0v) is 12.3. The van der Waals surface area contributed by atoms with Gasteiger partial charge in [0.05, 0.1) is 29.6 Å². The van der Waals surface area contributed by atoms with E-state index in [-0.39, 0.29) is 0 Å². The zero-order valence-electron chi connectivity index (χ0n) is 9.85. The van der Waals surface area contributed by atoms with Gasteiger partial charge in [0.1, 0.15) is 0 Å². The van der Waals surface area contributed by atoms with Crippen LogP contribution in [0, 0.1) is 11.3 Å². The molecule has 0 saturated heterocycles. The van der Waals surface area contributed by atoms with Gasteiger partial charge < -0.3 is 10.6 Å². The van der Waals surface area contributed by atoms with Crippen molar-refractivity contribution < 1.29 is 0 Å². The molecule has 1 aromatic carbocycles. The van der Waals surface area contributed by atoms with Gasteiger partial charge in [-0.05, 0) is 40.2 Å². The van der Waals surface area contributed by atoms with Crippen LogP contribution >= 0.6 is 27.3 Å².